The van der Waals surface area contributed by atoms with E-state index >= 15 is 0 Å². The van der Waals surface area contributed by atoms with Crippen molar-refractivity contribution in [2.75, 3.05) is 5.32 Å². The molecule has 18 heavy (non-hydrogen) atoms. The Morgan fingerprint density at radius 3 is 2.61 bits per heavy atom. The van der Waals surface area contributed by atoms with Crippen LogP contribution in [0, 0.1) is 20.8 Å². The third-order valence-electron chi connectivity index (χ3n) is 2.90. The number of aryl methyl sites for hydroxylation is 2. The third-order valence-corrected chi connectivity index (χ3v) is 3.75. The number of aromatic amines is 1. The maximum absolute atomic E-state index is 12.0. The average Bonchev–Trinajstić information content (AvgIpc) is 2.65. The number of nitrogens with zero attached hydrogens (tertiary/aromatic N) is 1. The minimum Gasteiger partial charge on any atom is -0.321 e. The molecule has 0 spiro atoms. The predicted molar refractivity (Wildman–Crippen MR) is 74.9 cm³/mol. The zero-order valence-corrected chi connectivity index (χ0v) is 12.1. The summed E-state index contributed by atoms with van der Waals surface area (Å²) in [6.07, 6.45) is 0. The van der Waals surface area contributed by atoms with Crippen LogP contribution in [0.15, 0.2) is 22.7 Å². The lowest BCUT2D eigenvalue weighted by molar-refractivity contribution is 0.102. The Kier molecular flexibility index (Phi) is 3.52. The van der Waals surface area contributed by atoms with Crippen LogP contribution in [-0.2, 0) is 0 Å². The summed E-state index contributed by atoms with van der Waals surface area (Å²) in [6, 6.07) is 5.69. The summed E-state index contributed by atoms with van der Waals surface area (Å²) < 4.78 is 0.968. The molecule has 0 fully saturated rings. The first-order chi connectivity index (χ1) is 8.49. The Labute approximate surface area is 114 Å². The number of H-pyrrole nitrogens is 1. The summed E-state index contributed by atoms with van der Waals surface area (Å²) in [7, 11) is 0. The number of carbonyl (C=O) groups is 1. The fourth-order valence-corrected chi connectivity index (χ4v) is 1.95. The first-order valence-corrected chi connectivity index (χ1v) is 6.37. The molecule has 0 aliphatic rings. The summed E-state index contributed by atoms with van der Waals surface area (Å²) in [6.45, 7) is 5.76. The maximum atomic E-state index is 12.0. The minimum absolute atomic E-state index is 0.201. The van der Waals surface area contributed by atoms with E-state index in [1.165, 1.54) is 0 Å². The zero-order chi connectivity index (χ0) is 13.3. The Hall–Kier alpha value is -1.62. The molecule has 1 heterocycles. The molecule has 0 unspecified atom stereocenters. The first kappa shape index (κ1) is 12.8. The number of rotatable bonds is 2. The van der Waals surface area contributed by atoms with Crippen molar-refractivity contribution in [3.8, 4) is 0 Å². The van der Waals surface area contributed by atoms with Gasteiger partial charge in [0.25, 0.3) is 5.91 Å². The zero-order valence-electron chi connectivity index (χ0n) is 10.5. The lowest BCUT2D eigenvalue weighted by Gasteiger charge is -2.06. The lowest BCUT2D eigenvalue weighted by Crippen LogP contribution is -2.13. The van der Waals surface area contributed by atoms with Crippen LogP contribution in [0.3, 0.4) is 0 Å². The highest BCUT2D eigenvalue weighted by atomic mass is 79.9. The highest BCUT2D eigenvalue weighted by molar-refractivity contribution is 9.10. The van der Waals surface area contributed by atoms with E-state index in [1.807, 2.05) is 39.0 Å². The fourth-order valence-electron chi connectivity index (χ4n) is 1.57. The van der Waals surface area contributed by atoms with Gasteiger partial charge in [-0.1, -0.05) is 22.0 Å². The number of amides is 1. The first-order valence-electron chi connectivity index (χ1n) is 5.58. The third kappa shape index (κ3) is 2.46. The second kappa shape index (κ2) is 4.94. The molecule has 0 atom stereocenters. The Morgan fingerprint density at radius 2 is 2.06 bits per heavy atom. The number of hydrogen-bond acceptors (Lipinski definition) is 2. The summed E-state index contributed by atoms with van der Waals surface area (Å²) in [4.78, 5) is 12.0. The van der Waals surface area contributed by atoms with Gasteiger partial charge in [-0.25, -0.2) is 0 Å². The number of hydrogen-bond donors (Lipinski definition) is 2. The van der Waals surface area contributed by atoms with E-state index in [0.29, 0.717) is 5.69 Å². The van der Waals surface area contributed by atoms with E-state index in [9.17, 15) is 4.79 Å². The topological polar surface area (TPSA) is 57.8 Å². The SMILES string of the molecule is Cc1ccc(NC(=O)c2n[nH]c(C)c2C)cc1Br. The van der Waals surface area contributed by atoms with Crippen molar-refractivity contribution in [3.05, 3.63) is 45.2 Å². The van der Waals surface area contributed by atoms with Crippen molar-refractivity contribution in [3.63, 3.8) is 0 Å². The van der Waals surface area contributed by atoms with Crippen LogP contribution >= 0.6 is 15.9 Å². The van der Waals surface area contributed by atoms with Crippen molar-refractivity contribution in [1.29, 1.82) is 0 Å². The van der Waals surface area contributed by atoms with E-state index in [0.717, 1.165) is 27.0 Å². The fraction of sp³-hybridized carbons (Fsp3) is 0.231. The van der Waals surface area contributed by atoms with Gasteiger partial charge in [-0.15, -0.1) is 0 Å². The van der Waals surface area contributed by atoms with Gasteiger partial charge in [-0.2, -0.15) is 5.10 Å². The van der Waals surface area contributed by atoms with Crippen LogP contribution in [0.4, 0.5) is 5.69 Å². The number of benzene rings is 1. The number of aromatic nitrogens is 2. The second-order valence-electron chi connectivity index (χ2n) is 4.24. The number of anilines is 1. The van der Waals surface area contributed by atoms with Gasteiger partial charge in [0.05, 0.1) is 0 Å². The van der Waals surface area contributed by atoms with Crippen molar-refractivity contribution < 1.29 is 4.79 Å². The molecule has 2 aromatic rings. The van der Waals surface area contributed by atoms with Crippen molar-refractivity contribution in [1.82, 2.24) is 10.2 Å². The van der Waals surface area contributed by atoms with Gasteiger partial charge in [0.15, 0.2) is 5.69 Å². The van der Waals surface area contributed by atoms with Crippen LogP contribution in [0.5, 0.6) is 0 Å². The van der Waals surface area contributed by atoms with Gasteiger partial charge >= 0.3 is 0 Å². The molecule has 0 bridgehead atoms. The molecule has 0 aliphatic heterocycles. The number of halogens is 1. The summed E-state index contributed by atoms with van der Waals surface area (Å²) in [5.41, 5.74) is 4.09. The molecule has 0 saturated carbocycles. The second-order valence-corrected chi connectivity index (χ2v) is 5.09. The Balaban J connectivity index is 2.21. The van der Waals surface area contributed by atoms with Crippen LogP contribution < -0.4 is 5.32 Å². The molecule has 2 rings (SSSR count). The monoisotopic (exact) mass is 307 g/mol. The van der Waals surface area contributed by atoms with Crippen molar-refractivity contribution in [2.45, 2.75) is 20.8 Å². The molecule has 1 amide bonds. The molecular formula is C13H14BrN3O. The lowest BCUT2D eigenvalue weighted by atomic mass is 10.2. The van der Waals surface area contributed by atoms with Gasteiger partial charge < -0.3 is 5.32 Å². The normalized spacial score (nSPS) is 10.4. The molecule has 0 saturated heterocycles. The van der Waals surface area contributed by atoms with Gasteiger partial charge in [0, 0.05) is 21.4 Å². The number of carbonyl (C=O) groups excluding carboxylic acids is 1. The standard InChI is InChI=1S/C13H14BrN3O/c1-7-4-5-10(6-11(7)14)15-13(18)12-8(2)9(3)16-17-12/h4-6H,1-3H3,(H,15,18)(H,16,17). The minimum atomic E-state index is -0.201. The van der Waals surface area contributed by atoms with E-state index in [2.05, 4.69) is 31.4 Å². The quantitative estimate of drug-likeness (QED) is 0.894. The summed E-state index contributed by atoms with van der Waals surface area (Å²) in [5.74, 6) is -0.201. The van der Waals surface area contributed by atoms with Crippen molar-refractivity contribution >= 4 is 27.5 Å². The van der Waals surface area contributed by atoms with E-state index in [-0.39, 0.29) is 5.91 Å². The summed E-state index contributed by atoms with van der Waals surface area (Å²) >= 11 is 3.44. The molecule has 5 heteroatoms. The van der Waals surface area contributed by atoms with Gasteiger partial charge in [0.1, 0.15) is 0 Å². The number of nitrogens with one attached hydrogen (secondary N) is 2. The molecule has 1 aromatic carbocycles. The average molecular weight is 308 g/mol. The van der Waals surface area contributed by atoms with Gasteiger partial charge in [-0.05, 0) is 38.5 Å². The van der Waals surface area contributed by atoms with Crippen LogP contribution in [0.2, 0.25) is 0 Å². The van der Waals surface area contributed by atoms with Crippen LogP contribution in [0.25, 0.3) is 0 Å². The highest BCUT2D eigenvalue weighted by Crippen LogP contribution is 2.21. The summed E-state index contributed by atoms with van der Waals surface area (Å²) in [5, 5.41) is 9.64. The van der Waals surface area contributed by atoms with E-state index in [1.54, 1.807) is 0 Å². The molecular weight excluding hydrogens is 294 g/mol. The van der Waals surface area contributed by atoms with Gasteiger partial charge in [-0.3, -0.25) is 9.89 Å². The van der Waals surface area contributed by atoms with E-state index in [4.69, 9.17) is 0 Å². The molecule has 0 aliphatic carbocycles. The Bertz CT molecular complexity index is 604. The smallest absolute Gasteiger partial charge is 0.276 e. The molecule has 1 aromatic heterocycles. The molecule has 4 nitrogen and oxygen atoms in total. The Morgan fingerprint density at radius 1 is 1.33 bits per heavy atom. The molecule has 0 radical (unpaired) electrons. The maximum Gasteiger partial charge on any atom is 0.276 e. The van der Waals surface area contributed by atoms with Crippen LogP contribution in [0.1, 0.15) is 27.3 Å². The van der Waals surface area contributed by atoms with Crippen molar-refractivity contribution in [2.24, 2.45) is 0 Å². The van der Waals surface area contributed by atoms with Crippen LogP contribution in [-0.4, -0.2) is 16.1 Å². The molecule has 94 valence electrons. The largest absolute Gasteiger partial charge is 0.321 e. The van der Waals surface area contributed by atoms with E-state index < -0.39 is 0 Å². The molecule has 2 N–H and O–H groups in total. The highest BCUT2D eigenvalue weighted by Gasteiger charge is 2.14. The predicted octanol–water partition coefficient (Wildman–Crippen LogP) is 3.35. The van der Waals surface area contributed by atoms with Gasteiger partial charge in [0.2, 0.25) is 0 Å².